The van der Waals surface area contributed by atoms with Crippen LogP contribution in [-0.4, -0.2) is 18.1 Å². The average Bonchev–Trinajstić information content (AvgIpc) is 2.84. The van der Waals surface area contributed by atoms with Crippen molar-refractivity contribution in [3.8, 4) is 0 Å². The lowest BCUT2D eigenvalue weighted by Gasteiger charge is -2.31. The first-order valence-electron chi connectivity index (χ1n) is 7.33. The highest BCUT2D eigenvalue weighted by atomic mass is 32.1. The van der Waals surface area contributed by atoms with E-state index in [0.29, 0.717) is 0 Å². The summed E-state index contributed by atoms with van der Waals surface area (Å²) in [5.74, 6) is 2.51. The molecule has 3 heteroatoms. The summed E-state index contributed by atoms with van der Waals surface area (Å²) in [6.07, 6.45) is 8.97. The molecule has 18 heavy (non-hydrogen) atoms. The van der Waals surface area contributed by atoms with Gasteiger partial charge in [0.2, 0.25) is 0 Å². The molecule has 0 spiro atoms. The zero-order chi connectivity index (χ0) is 12.8. The van der Waals surface area contributed by atoms with E-state index in [1.54, 1.807) is 0 Å². The van der Waals surface area contributed by atoms with E-state index in [9.17, 15) is 0 Å². The van der Waals surface area contributed by atoms with E-state index in [1.807, 2.05) is 16.8 Å². The summed E-state index contributed by atoms with van der Waals surface area (Å²) in [6.45, 7) is 6.93. The number of hydrogen-bond acceptors (Lipinski definition) is 3. The number of nitrogens with one attached hydrogen (secondary N) is 1. The summed E-state index contributed by atoms with van der Waals surface area (Å²) >= 11 is 1.82. The van der Waals surface area contributed by atoms with Crippen LogP contribution in [0.5, 0.6) is 0 Å². The number of rotatable bonds is 6. The second-order valence-electron chi connectivity index (χ2n) is 6.03. The van der Waals surface area contributed by atoms with Crippen molar-refractivity contribution >= 4 is 11.3 Å². The number of hydrogen-bond donors (Lipinski definition) is 1. The Morgan fingerprint density at radius 2 is 2.11 bits per heavy atom. The largest absolute Gasteiger partial charge is 0.316 e. The third-order valence-electron chi connectivity index (χ3n) is 3.97. The molecular formula is C15H26N2S. The predicted octanol–water partition coefficient (Wildman–Crippen LogP) is 3.74. The van der Waals surface area contributed by atoms with Gasteiger partial charge in [-0.15, -0.1) is 11.3 Å². The lowest BCUT2D eigenvalue weighted by atomic mass is 9.77. The third kappa shape index (κ3) is 4.36. The van der Waals surface area contributed by atoms with Crippen LogP contribution in [0.2, 0.25) is 0 Å². The first kappa shape index (κ1) is 14.0. The van der Waals surface area contributed by atoms with Crippen LogP contribution >= 0.6 is 11.3 Å². The van der Waals surface area contributed by atoms with Crippen LogP contribution in [0.25, 0.3) is 0 Å². The molecule has 0 aliphatic heterocycles. The maximum atomic E-state index is 4.20. The van der Waals surface area contributed by atoms with Gasteiger partial charge in [-0.05, 0) is 50.1 Å². The summed E-state index contributed by atoms with van der Waals surface area (Å²) in [4.78, 5) is 5.67. The minimum atomic E-state index is 0.758. The molecule has 1 saturated carbocycles. The molecule has 2 unspecified atom stereocenters. The van der Waals surface area contributed by atoms with Crippen molar-refractivity contribution in [3.05, 3.63) is 16.6 Å². The van der Waals surface area contributed by atoms with E-state index in [1.165, 1.54) is 43.5 Å². The standard InChI is InChI=1S/C15H26N2S/c1-12(2)8-16-9-14-6-4-3-5-13(14)7-15-10-17-11-18-15/h10-14,16H,3-9H2,1-2H3. The van der Waals surface area contributed by atoms with Gasteiger partial charge in [-0.25, -0.2) is 0 Å². The molecule has 1 aliphatic carbocycles. The van der Waals surface area contributed by atoms with Gasteiger partial charge in [0.05, 0.1) is 5.51 Å². The van der Waals surface area contributed by atoms with Crippen molar-refractivity contribution in [3.63, 3.8) is 0 Å². The van der Waals surface area contributed by atoms with Gasteiger partial charge < -0.3 is 5.32 Å². The smallest absolute Gasteiger partial charge is 0.0794 e. The van der Waals surface area contributed by atoms with Gasteiger partial charge in [-0.3, -0.25) is 4.98 Å². The third-order valence-corrected chi connectivity index (χ3v) is 4.77. The summed E-state index contributed by atoms with van der Waals surface area (Å²) in [5.41, 5.74) is 1.96. The Labute approximate surface area is 115 Å². The Kier molecular flexibility index (Phi) is 5.64. The molecule has 2 rings (SSSR count). The minimum Gasteiger partial charge on any atom is -0.316 e. The molecule has 1 heterocycles. The normalized spacial score (nSPS) is 24.6. The van der Waals surface area contributed by atoms with Gasteiger partial charge in [0.1, 0.15) is 0 Å². The van der Waals surface area contributed by atoms with Crippen molar-refractivity contribution in [2.75, 3.05) is 13.1 Å². The topological polar surface area (TPSA) is 24.9 Å². The number of aromatic nitrogens is 1. The predicted molar refractivity (Wildman–Crippen MR) is 79.0 cm³/mol. The molecule has 102 valence electrons. The van der Waals surface area contributed by atoms with Crippen molar-refractivity contribution in [2.45, 2.75) is 46.0 Å². The first-order valence-corrected chi connectivity index (χ1v) is 8.21. The molecule has 2 atom stereocenters. The second kappa shape index (κ2) is 7.25. The molecule has 0 bridgehead atoms. The Morgan fingerprint density at radius 3 is 2.78 bits per heavy atom. The van der Waals surface area contributed by atoms with Gasteiger partial charge >= 0.3 is 0 Å². The Bertz CT molecular complexity index is 321. The minimum absolute atomic E-state index is 0.758. The van der Waals surface area contributed by atoms with Gasteiger partial charge in [-0.1, -0.05) is 26.7 Å². The molecule has 1 aliphatic rings. The van der Waals surface area contributed by atoms with Gasteiger partial charge in [-0.2, -0.15) is 0 Å². The van der Waals surface area contributed by atoms with Crippen LogP contribution in [0.4, 0.5) is 0 Å². The van der Waals surface area contributed by atoms with E-state index >= 15 is 0 Å². The van der Waals surface area contributed by atoms with Crippen molar-refractivity contribution in [2.24, 2.45) is 17.8 Å². The van der Waals surface area contributed by atoms with Gasteiger partial charge in [0.25, 0.3) is 0 Å². The summed E-state index contributed by atoms with van der Waals surface area (Å²) in [6, 6.07) is 0. The monoisotopic (exact) mass is 266 g/mol. The zero-order valence-electron chi connectivity index (χ0n) is 11.7. The van der Waals surface area contributed by atoms with Crippen LogP contribution in [-0.2, 0) is 6.42 Å². The Morgan fingerprint density at radius 1 is 1.33 bits per heavy atom. The molecular weight excluding hydrogens is 240 g/mol. The van der Waals surface area contributed by atoms with Gasteiger partial charge in [0, 0.05) is 11.1 Å². The first-order chi connectivity index (χ1) is 8.75. The molecule has 0 saturated heterocycles. The van der Waals surface area contributed by atoms with E-state index in [0.717, 1.165) is 24.3 Å². The van der Waals surface area contributed by atoms with Crippen LogP contribution in [0.3, 0.4) is 0 Å². The summed E-state index contributed by atoms with van der Waals surface area (Å²) < 4.78 is 0. The summed E-state index contributed by atoms with van der Waals surface area (Å²) in [5, 5.41) is 3.65. The molecule has 0 aromatic carbocycles. The second-order valence-corrected chi connectivity index (χ2v) is 7.00. The highest BCUT2D eigenvalue weighted by Crippen LogP contribution is 2.32. The molecule has 1 aromatic rings. The number of nitrogens with zero attached hydrogens (tertiary/aromatic N) is 1. The van der Waals surface area contributed by atoms with Crippen LogP contribution in [0, 0.1) is 17.8 Å². The van der Waals surface area contributed by atoms with Crippen molar-refractivity contribution < 1.29 is 0 Å². The SMILES string of the molecule is CC(C)CNCC1CCCCC1Cc1cncs1. The lowest BCUT2D eigenvalue weighted by Crippen LogP contribution is -2.33. The van der Waals surface area contributed by atoms with E-state index in [2.05, 4.69) is 30.3 Å². The van der Waals surface area contributed by atoms with Crippen LogP contribution < -0.4 is 5.32 Å². The highest BCUT2D eigenvalue weighted by Gasteiger charge is 2.25. The maximum Gasteiger partial charge on any atom is 0.0794 e. The molecule has 2 nitrogen and oxygen atoms in total. The summed E-state index contributed by atoms with van der Waals surface area (Å²) in [7, 11) is 0. The molecule has 0 amide bonds. The molecule has 1 fully saturated rings. The van der Waals surface area contributed by atoms with Crippen LogP contribution in [0.1, 0.15) is 44.4 Å². The zero-order valence-corrected chi connectivity index (χ0v) is 12.5. The Balaban J connectivity index is 1.81. The quantitative estimate of drug-likeness (QED) is 0.848. The highest BCUT2D eigenvalue weighted by molar-refractivity contribution is 7.09. The van der Waals surface area contributed by atoms with Crippen molar-refractivity contribution in [1.29, 1.82) is 0 Å². The van der Waals surface area contributed by atoms with E-state index < -0.39 is 0 Å². The lowest BCUT2D eigenvalue weighted by molar-refractivity contribution is 0.227. The van der Waals surface area contributed by atoms with Crippen molar-refractivity contribution in [1.82, 2.24) is 10.3 Å². The molecule has 1 N–H and O–H groups in total. The Hall–Kier alpha value is -0.410. The van der Waals surface area contributed by atoms with Gasteiger partial charge in [0.15, 0.2) is 0 Å². The fourth-order valence-electron chi connectivity index (χ4n) is 2.98. The average molecular weight is 266 g/mol. The fraction of sp³-hybridized carbons (Fsp3) is 0.800. The fourth-order valence-corrected chi connectivity index (χ4v) is 3.67. The molecule has 0 radical (unpaired) electrons. The van der Waals surface area contributed by atoms with Crippen LogP contribution in [0.15, 0.2) is 11.7 Å². The van der Waals surface area contributed by atoms with E-state index in [4.69, 9.17) is 0 Å². The number of thiazole rings is 1. The maximum absolute atomic E-state index is 4.20. The molecule has 1 aromatic heterocycles. The van der Waals surface area contributed by atoms with E-state index in [-0.39, 0.29) is 0 Å².